The predicted octanol–water partition coefficient (Wildman–Crippen LogP) is 1.69. The van der Waals surface area contributed by atoms with Gasteiger partial charge in [-0.2, -0.15) is 5.10 Å². The second-order valence-electron chi connectivity index (χ2n) is 6.83. The van der Waals surface area contributed by atoms with Crippen LogP contribution >= 0.6 is 0 Å². The molecule has 0 atom stereocenters. The lowest BCUT2D eigenvalue weighted by atomic mass is 9.99. The number of carbonyl (C=O) groups excluding carboxylic acids is 1. The molecule has 0 aliphatic carbocycles. The van der Waals surface area contributed by atoms with E-state index in [0.717, 1.165) is 17.3 Å². The molecule has 0 spiro atoms. The highest BCUT2D eigenvalue weighted by Gasteiger charge is 2.33. The fourth-order valence-corrected chi connectivity index (χ4v) is 3.16. The maximum absolute atomic E-state index is 12.3. The van der Waals surface area contributed by atoms with Crippen molar-refractivity contribution in [1.29, 1.82) is 0 Å². The lowest BCUT2D eigenvalue weighted by Crippen LogP contribution is -2.54. The number of aromatic nitrogens is 4. The molecule has 30 heavy (non-hydrogen) atoms. The van der Waals surface area contributed by atoms with Gasteiger partial charge in [0.1, 0.15) is 30.3 Å². The van der Waals surface area contributed by atoms with E-state index in [4.69, 9.17) is 9.47 Å². The first-order valence-electron chi connectivity index (χ1n) is 9.93. The highest BCUT2D eigenvalue weighted by atomic mass is 16.5. The van der Waals surface area contributed by atoms with Gasteiger partial charge in [-0.25, -0.2) is 14.6 Å². The first-order chi connectivity index (χ1) is 14.7. The minimum Gasteiger partial charge on any atom is -0.494 e. The summed E-state index contributed by atoms with van der Waals surface area (Å²) in [5, 5.41) is 7.11. The molecule has 0 bridgehead atoms. The molecule has 1 aliphatic heterocycles. The van der Waals surface area contributed by atoms with Crippen molar-refractivity contribution in [2.45, 2.75) is 6.92 Å². The number of ether oxygens (including phenoxy) is 2. The number of benzene rings is 1. The summed E-state index contributed by atoms with van der Waals surface area (Å²) in [6, 6.07) is 11.2. The summed E-state index contributed by atoms with van der Waals surface area (Å²) in [5.41, 5.74) is 0. The maximum atomic E-state index is 12.3. The number of anilines is 1. The van der Waals surface area contributed by atoms with Gasteiger partial charge in [-0.05, 0) is 37.3 Å². The van der Waals surface area contributed by atoms with Crippen LogP contribution in [0.25, 0.3) is 5.82 Å². The molecule has 156 valence electrons. The van der Waals surface area contributed by atoms with E-state index in [-0.39, 0.29) is 11.8 Å². The third-order valence-electron chi connectivity index (χ3n) is 4.76. The van der Waals surface area contributed by atoms with Crippen LogP contribution in [0.15, 0.2) is 55.1 Å². The van der Waals surface area contributed by atoms with E-state index in [1.807, 2.05) is 49.5 Å². The Hall–Kier alpha value is -3.62. The normalized spacial score (nSPS) is 13.6. The third-order valence-corrected chi connectivity index (χ3v) is 4.76. The van der Waals surface area contributed by atoms with Crippen LogP contribution in [0, 0.1) is 5.92 Å². The van der Waals surface area contributed by atoms with E-state index in [9.17, 15) is 4.79 Å². The number of amides is 1. The lowest BCUT2D eigenvalue weighted by molar-refractivity contribution is -0.125. The zero-order chi connectivity index (χ0) is 20.8. The first kappa shape index (κ1) is 19.7. The zero-order valence-electron chi connectivity index (χ0n) is 16.8. The number of hydrogen-bond acceptors (Lipinski definition) is 7. The zero-order valence-corrected chi connectivity index (χ0v) is 16.8. The van der Waals surface area contributed by atoms with Crippen LogP contribution < -0.4 is 19.7 Å². The van der Waals surface area contributed by atoms with Crippen LogP contribution in [-0.4, -0.2) is 58.5 Å². The summed E-state index contributed by atoms with van der Waals surface area (Å²) in [6.07, 6.45) is 5.04. The number of nitrogens with one attached hydrogen (secondary N) is 1. The summed E-state index contributed by atoms with van der Waals surface area (Å²) >= 11 is 0. The van der Waals surface area contributed by atoms with Crippen molar-refractivity contribution in [3.8, 4) is 17.3 Å². The largest absolute Gasteiger partial charge is 0.494 e. The average molecular weight is 408 g/mol. The van der Waals surface area contributed by atoms with Crippen molar-refractivity contribution in [1.82, 2.24) is 25.1 Å². The second kappa shape index (κ2) is 9.25. The summed E-state index contributed by atoms with van der Waals surface area (Å²) in [5.74, 6) is 3.02. The molecule has 0 radical (unpaired) electrons. The van der Waals surface area contributed by atoms with Gasteiger partial charge in [0.05, 0.1) is 19.1 Å². The number of hydrogen-bond donors (Lipinski definition) is 1. The Balaban J connectivity index is 1.18. The predicted molar refractivity (Wildman–Crippen MR) is 111 cm³/mol. The van der Waals surface area contributed by atoms with Gasteiger partial charge in [0.2, 0.25) is 5.91 Å². The first-order valence-corrected chi connectivity index (χ1v) is 9.93. The molecule has 1 amide bonds. The van der Waals surface area contributed by atoms with Gasteiger partial charge in [0.15, 0.2) is 5.82 Å². The quantitative estimate of drug-likeness (QED) is 0.539. The molecule has 9 heteroatoms. The molecule has 1 N–H and O–H groups in total. The molecule has 1 aliphatic rings. The fraction of sp³-hybridized carbons (Fsp3) is 0.333. The molecule has 3 heterocycles. The Morgan fingerprint density at radius 2 is 1.87 bits per heavy atom. The summed E-state index contributed by atoms with van der Waals surface area (Å²) < 4.78 is 12.7. The maximum Gasteiger partial charge on any atom is 0.226 e. The topological polar surface area (TPSA) is 94.4 Å². The van der Waals surface area contributed by atoms with Crippen molar-refractivity contribution in [3.63, 3.8) is 0 Å². The number of nitrogens with zero attached hydrogens (tertiary/aromatic N) is 5. The molecule has 2 aromatic heterocycles. The van der Waals surface area contributed by atoms with E-state index < -0.39 is 0 Å². The van der Waals surface area contributed by atoms with Crippen LogP contribution in [0.2, 0.25) is 0 Å². The molecule has 9 nitrogen and oxygen atoms in total. The molecule has 1 fully saturated rings. The van der Waals surface area contributed by atoms with Crippen LogP contribution in [0.1, 0.15) is 6.92 Å². The van der Waals surface area contributed by atoms with Gasteiger partial charge in [0, 0.05) is 31.5 Å². The Kier molecular flexibility index (Phi) is 6.07. The Morgan fingerprint density at radius 1 is 1.13 bits per heavy atom. The Labute approximate surface area is 174 Å². The highest BCUT2D eigenvalue weighted by Crippen LogP contribution is 2.23. The number of carbonyl (C=O) groups is 1. The van der Waals surface area contributed by atoms with Crippen molar-refractivity contribution in [2.24, 2.45) is 5.92 Å². The second-order valence-corrected chi connectivity index (χ2v) is 6.83. The molecular formula is C21H24N6O3. The standard InChI is InChI=1S/C21H24N6O3/c1-2-29-17-4-6-18(7-5-17)30-11-9-22-21(28)16-13-26(14-16)19-12-20(24-15-23-19)27-10-3-8-25-27/h3-8,10,12,15-16H,2,9,11,13-14H2,1H3,(H,22,28). The minimum absolute atomic E-state index is 0.0305. The van der Waals surface area contributed by atoms with Crippen LogP contribution in [0.3, 0.4) is 0 Å². The molecule has 0 unspecified atom stereocenters. The summed E-state index contributed by atoms with van der Waals surface area (Å²) in [6.45, 7) is 4.70. The Bertz CT molecular complexity index is 955. The van der Waals surface area contributed by atoms with Crippen LogP contribution in [-0.2, 0) is 4.79 Å². The fourth-order valence-electron chi connectivity index (χ4n) is 3.16. The van der Waals surface area contributed by atoms with Gasteiger partial charge in [-0.3, -0.25) is 4.79 Å². The van der Waals surface area contributed by atoms with Crippen molar-refractivity contribution in [3.05, 3.63) is 55.1 Å². The third kappa shape index (κ3) is 4.68. The van der Waals surface area contributed by atoms with Crippen molar-refractivity contribution < 1.29 is 14.3 Å². The smallest absolute Gasteiger partial charge is 0.226 e. The van der Waals surface area contributed by atoms with Gasteiger partial charge < -0.3 is 19.7 Å². The van der Waals surface area contributed by atoms with E-state index in [1.54, 1.807) is 10.9 Å². The molecule has 1 saturated heterocycles. The molecule has 4 rings (SSSR count). The monoisotopic (exact) mass is 408 g/mol. The molecule has 1 aromatic carbocycles. The Morgan fingerprint density at radius 3 is 2.57 bits per heavy atom. The minimum atomic E-state index is -0.0569. The van der Waals surface area contributed by atoms with E-state index in [2.05, 4.69) is 25.3 Å². The summed E-state index contributed by atoms with van der Waals surface area (Å²) in [7, 11) is 0. The van der Waals surface area contributed by atoms with E-state index >= 15 is 0 Å². The van der Waals surface area contributed by atoms with E-state index in [0.29, 0.717) is 38.7 Å². The molecule has 0 saturated carbocycles. The number of rotatable bonds is 9. The lowest BCUT2D eigenvalue weighted by Gasteiger charge is -2.39. The highest BCUT2D eigenvalue weighted by molar-refractivity contribution is 5.81. The summed E-state index contributed by atoms with van der Waals surface area (Å²) in [4.78, 5) is 22.9. The van der Waals surface area contributed by atoms with Crippen LogP contribution in [0.4, 0.5) is 5.82 Å². The van der Waals surface area contributed by atoms with Crippen LogP contribution in [0.5, 0.6) is 11.5 Å². The van der Waals surface area contributed by atoms with Crippen molar-refractivity contribution >= 4 is 11.7 Å². The SMILES string of the molecule is CCOc1ccc(OCCNC(=O)C2CN(c3cc(-n4cccn4)ncn3)C2)cc1. The molecular weight excluding hydrogens is 384 g/mol. The van der Waals surface area contributed by atoms with Crippen molar-refractivity contribution in [2.75, 3.05) is 37.7 Å². The van der Waals surface area contributed by atoms with E-state index in [1.165, 1.54) is 6.33 Å². The van der Waals surface area contributed by atoms with Gasteiger partial charge >= 0.3 is 0 Å². The van der Waals surface area contributed by atoms with Gasteiger partial charge in [0.25, 0.3) is 0 Å². The molecule has 3 aromatic rings. The van der Waals surface area contributed by atoms with Gasteiger partial charge in [-0.1, -0.05) is 0 Å². The average Bonchev–Trinajstić information content (AvgIpc) is 3.27. The van der Waals surface area contributed by atoms with Gasteiger partial charge in [-0.15, -0.1) is 0 Å².